The third-order valence-corrected chi connectivity index (χ3v) is 4.96. The van der Waals surface area contributed by atoms with Gasteiger partial charge < -0.3 is 19.4 Å². The third-order valence-electron chi connectivity index (χ3n) is 4.96. The molecule has 25 heavy (non-hydrogen) atoms. The maximum Gasteiger partial charge on any atom is 0.491 e. The van der Waals surface area contributed by atoms with E-state index in [9.17, 15) is 4.79 Å². The predicted molar refractivity (Wildman–Crippen MR) is 101 cm³/mol. The SMILES string of the molecule is CNCC(=Cc1ccc(C)c(C(=O)OC)c1)B1OC(C)(C)C(C)(C)O1. The van der Waals surface area contributed by atoms with Crippen LogP contribution in [0.15, 0.2) is 23.7 Å². The molecule has 0 aliphatic carbocycles. The Bertz CT molecular complexity index is 666. The summed E-state index contributed by atoms with van der Waals surface area (Å²) in [6.07, 6.45) is 2.00. The van der Waals surface area contributed by atoms with Crippen LogP contribution in [0.1, 0.15) is 49.2 Å². The Morgan fingerprint density at radius 2 is 1.84 bits per heavy atom. The van der Waals surface area contributed by atoms with Gasteiger partial charge in [-0.25, -0.2) is 4.79 Å². The van der Waals surface area contributed by atoms with E-state index in [4.69, 9.17) is 14.0 Å². The lowest BCUT2D eigenvalue weighted by Gasteiger charge is -2.32. The van der Waals surface area contributed by atoms with Crippen molar-refractivity contribution in [3.05, 3.63) is 40.4 Å². The molecular weight excluding hydrogens is 317 g/mol. The minimum atomic E-state index is -0.430. The van der Waals surface area contributed by atoms with E-state index >= 15 is 0 Å². The summed E-state index contributed by atoms with van der Waals surface area (Å²) in [6.45, 7) is 10.6. The average Bonchev–Trinajstić information content (AvgIpc) is 2.76. The maximum atomic E-state index is 11.9. The molecule has 0 saturated carbocycles. The molecule has 1 fully saturated rings. The average molecular weight is 345 g/mol. The molecule has 0 spiro atoms. The molecular formula is C19H28BNO4. The third kappa shape index (κ3) is 4.14. The minimum absolute atomic E-state index is 0.335. The Hall–Kier alpha value is -1.63. The quantitative estimate of drug-likeness (QED) is 0.657. The van der Waals surface area contributed by atoms with Gasteiger partial charge in [-0.3, -0.25) is 0 Å². The molecule has 0 unspecified atom stereocenters. The Morgan fingerprint density at radius 1 is 1.24 bits per heavy atom. The largest absolute Gasteiger partial charge is 0.491 e. The van der Waals surface area contributed by atoms with Crippen LogP contribution in [0.2, 0.25) is 0 Å². The summed E-state index contributed by atoms with van der Waals surface area (Å²) >= 11 is 0. The van der Waals surface area contributed by atoms with E-state index < -0.39 is 18.3 Å². The number of esters is 1. The molecule has 0 atom stereocenters. The molecule has 5 nitrogen and oxygen atoms in total. The van der Waals surface area contributed by atoms with Crippen molar-refractivity contribution in [3.63, 3.8) is 0 Å². The van der Waals surface area contributed by atoms with Gasteiger partial charge in [0.1, 0.15) is 0 Å². The van der Waals surface area contributed by atoms with Crippen molar-refractivity contribution < 1.29 is 18.8 Å². The molecule has 136 valence electrons. The highest BCUT2D eigenvalue weighted by molar-refractivity contribution is 6.55. The van der Waals surface area contributed by atoms with Crippen LogP contribution in [0.4, 0.5) is 0 Å². The Balaban J connectivity index is 2.37. The zero-order valence-corrected chi connectivity index (χ0v) is 16.2. The first-order valence-corrected chi connectivity index (χ1v) is 8.51. The highest BCUT2D eigenvalue weighted by Gasteiger charge is 2.52. The van der Waals surface area contributed by atoms with Crippen molar-refractivity contribution in [2.24, 2.45) is 0 Å². The van der Waals surface area contributed by atoms with Gasteiger partial charge in [0.05, 0.1) is 23.9 Å². The second-order valence-electron chi connectivity index (χ2n) is 7.40. The van der Waals surface area contributed by atoms with E-state index in [1.165, 1.54) is 7.11 Å². The molecule has 1 N–H and O–H groups in total. The first-order chi connectivity index (χ1) is 11.6. The monoisotopic (exact) mass is 345 g/mol. The molecule has 1 aliphatic rings. The van der Waals surface area contributed by atoms with Crippen molar-refractivity contribution in [3.8, 4) is 0 Å². The number of nitrogens with one attached hydrogen (secondary N) is 1. The lowest BCUT2D eigenvalue weighted by atomic mass is 9.77. The number of rotatable bonds is 5. The summed E-state index contributed by atoms with van der Waals surface area (Å²) in [5, 5.41) is 3.16. The number of hydrogen-bond acceptors (Lipinski definition) is 5. The lowest BCUT2D eigenvalue weighted by molar-refractivity contribution is 0.00578. The van der Waals surface area contributed by atoms with Crippen LogP contribution in [0.25, 0.3) is 6.08 Å². The van der Waals surface area contributed by atoms with E-state index in [2.05, 4.69) is 5.32 Å². The van der Waals surface area contributed by atoms with E-state index in [1.54, 1.807) is 0 Å². The Morgan fingerprint density at radius 3 is 2.36 bits per heavy atom. The highest BCUT2D eigenvalue weighted by atomic mass is 16.7. The number of likely N-dealkylation sites (N-methyl/N-ethyl adjacent to an activating group) is 1. The molecule has 1 aromatic carbocycles. The van der Waals surface area contributed by atoms with Crippen molar-refractivity contribution in [2.75, 3.05) is 20.7 Å². The summed E-state index contributed by atoms with van der Waals surface area (Å²) in [7, 11) is 2.84. The molecule has 0 aromatic heterocycles. The van der Waals surface area contributed by atoms with Gasteiger partial charge in [-0.2, -0.15) is 0 Å². The molecule has 0 bridgehead atoms. The Kier molecular flexibility index (Phi) is 5.77. The van der Waals surface area contributed by atoms with Gasteiger partial charge >= 0.3 is 13.1 Å². The fraction of sp³-hybridized carbons (Fsp3) is 0.526. The minimum Gasteiger partial charge on any atom is -0.465 e. The molecule has 6 heteroatoms. The first-order valence-electron chi connectivity index (χ1n) is 8.51. The zero-order chi connectivity index (χ0) is 18.8. The summed E-state index contributed by atoms with van der Waals surface area (Å²) < 4.78 is 17.2. The summed E-state index contributed by atoms with van der Waals surface area (Å²) in [6, 6.07) is 5.73. The van der Waals surface area contributed by atoms with Crippen LogP contribution in [0.3, 0.4) is 0 Å². The zero-order valence-electron chi connectivity index (χ0n) is 16.2. The molecule has 1 aliphatic heterocycles. The fourth-order valence-corrected chi connectivity index (χ4v) is 2.67. The van der Waals surface area contributed by atoms with E-state index in [0.717, 1.165) is 16.6 Å². The van der Waals surface area contributed by atoms with Gasteiger partial charge in [-0.1, -0.05) is 18.2 Å². The molecule has 1 heterocycles. The van der Waals surface area contributed by atoms with Crippen molar-refractivity contribution in [1.82, 2.24) is 5.32 Å². The predicted octanol–water partition coefficient (Wildman–Crippen LogP) is 3.02. The van der Waals surface area contributed by atoms with Gasteiger partial charge in [-0.15, -0.1) is 0 Å². The number of benzene rings is 1. The second kappa shape index (κ2) is 7.32. The number of hydrogen-bond donors (Lipinski definition) is 1. The number of carbonyl (C=O) groups excluding carboxylic acids is 1. The maximum absolute atomic E-state index is 11.9. The van der Waals surface area contributed by atoms with Crippen molar-refractivity contribution in [2.45, 2.75) is 45.8 Å². The number of methoxy groups -OCH3 is 1. The molecule has 0 radical (unpaired) electrons. The fourth-order valence-electron chi connectivity index (χ4n) is 2.67. The second-order valence-corrected chi connectivity index (χ2v) is 7.40. The number of ether oxygens (including phenoxy) is 1. The standard InChI is InChI=1S/C19H28BNO4/c1-13-8-9-14(11-16(13)17(22)23-7)10-15(12-21-6)20-24-18(2,3)19(4,5)25-20/h8-11,21H,12H2,1-7H3. The van der Waals surface area contributed by atoms with Crippen LogP contribution >= 0.6 is 0 Å². The van der Waals surface area contributed by atoms with Crippen LogP contribution in [0.5, 0.6) is 0 Å². The molecule has 0 amide bonds. The van der Waals surface area contributed by atoms with E-state index in [-0.39, 0.29) is 5.97 Å². The van der Waals surface area contributed by atoms with Gasteiger partial charge in [-0.05, 0) is 64.3 Å². The van der Waals surface area contributed by atoms with E-state index in [0.29, 0.717) is 12.1 Å². The van der Waals surface area contributed by atoms with Crippen LogP contribution in [-0.4, -0.2) is 45.0 Å². The normalized spacial score (nSPS) is 19.2. The number of aryl methyl sites for hydroxylation is 1. The molecule has 1 aromatic rings. The van der Waals surface area contributed by atoms with Gasteiger partial charge in [0.25, 0.3) is 0 Å². The topological polar surface area (TPSA) is 56.8 Å². The van der Waals surface area contributed by atoms with Crippen LogP contribution in [-0.2, 0) is 14.0 Å². The highest BCUT2D eigenvalue weighted by Crippen LogP contribution is 2.38. The summed E-state index contributed by atoms with van der Waals surface area (Å²) in [5.74, 6) is -0.335. The smallest absolute Gasteiger partial charge is 0.465 e. The first kappa shape index (κ1) is 19.7. The molecule has 1 saturated heterocycles. The van der Waals surface area contributed by atoms with Crippen molar-refractivity contribution in [1.29, 1.82) is 0 Å². The number of carbonyl (C=O) groups is 1. The lowest BCUT2D eigenvalue weighted by Crippen LogP contribution is -2.41. The summed E-state index contributed by atoms with van der Waals surface area (Å²) in [4.78, 5) is 11.9. The van der Waals surface area contributed by atoms with Crippen LogP contribution in [0, 0.1) is 6.92 Å². The van der Waals surface area contributed by atoms with Gasteiger partial charge in [0, 0.05) is 6.54 Å². The van der Waals surface area contributed by atoms with Crippen LogP contribution < -0.4 is 5.32 Å². The van der Waals surface area contributed by atoms with Gasteiger partial charge in [0.2, 0.25) is 0 Å². The summed E-state index contributed by atoms with van der Waals surface area (Å²) in [5.41, 5.74) is 2.54. The van der Waals surface area contributed by atoms with Gasteiger partial charge in [0.15, 0.2) is 0 Å². The van der Waals surface area contributed by atoms with E-state index in [1.807, 2.05) is 65.9 Å². The Labute approximate surface area is 150 Å². The molecule has 2 rings (SSSR count). The van der Waals surface area contributed by atoms with Crippen molar-refractivity contribution >= 4 is 19.2 Å².